The molecule has 0 aromatic rings. The lowest BCUT2D eigenvalue weighted by molar-refractivity contribution is -0.451. The molecule has 0 rings (SSSR count). The number of hydrogen-bond donors (Lipinski definition) is 3. The molecule has 3 N–H and O–H groups in total. The molecule has 25 heavy (non-hydrogen) atoms. The third kappa shape index (κ3) is 5.30. The fourth-order valence-corrected chi connectivity index (χ4v) is 0.750. The Bertz CT molecular complexity index is 456. The summed E-state index contributed by atoms with van der Waals surface area (Å²) in [5.41, 5.74) is 0. The van der Waals surface area contributed by atoms with Gasteiger partial charge in [-0.2, -0.15) is 61.5 Å². The van der Waals surface area contributed by atoms with Gasteiger partial charge in [0.05, 0.1) is 0 Å². The van der Waals surface area contributed by atoms with Gasteiger partial charge in [-0.3, -0.25) is 0 Å². The summed E-state index contributed by atoms with van der Waals surface area (Å²) in [4.78, 5) is 21.6. The minimum atomic E-state index is -8.04. The number of phosphoric acid groups is 1. The predicted octanol–water partition coefficient (Wildman–Crippen LogP) is 3.72. The molecule has 0 bridgehead atoms. The lowest BCUT2D eigenvalue weighted by Crippen LogP contribution is -2.69. The maximum atomic E-state index is 12.3. The molecule has 0 radical (unpaired) electrons. The monoisotopic (exact) mass is 436 g/mol. The highest BCUT2D eigenvalue weighted by Gasteiger charge is 2.91. The van der Waals surface area contributed by atoms with Crippen molar-refractivity contribution in [3.05, 3.63) is 0 Å². The Morgan fingerprint density at radius 2 is 0.560 bits per heavy atom. The quantitative estimate of drug-likeness (QED) is 0.466. The summed E-state index contributed by atoms with van der Waals surface area (Å²) in [7, 11) is -4.64. The molecule has 154 valence electrons. The average molecular weight is 436 g/mol. The van der Waals surface area contributed by atoms with Crippen LogP contribution in [-0.4, -0.2) is 50.7 Å². The van der Waals surface area contributed by atoms with Crippen molar-refractivity contribution in [1.82, 2.24) is 0 Å². The van der Waals surface area contributed by atoms with Crippen molar-refractivity contribution in [3.8, 4) is 0 Å². The Balaban J connectivity index is 0. The van der Waals surface area contributed by atoms with Crippen LogP contribution in [0.3, 0.4) is 0 Å². The van der Waals surface area contributed by atoms with Crippen LogP contribution >= 0.6 is 7.82 Å². The number of hydrogen-bond acceptors (Lipinski definition) is 1. The minimum Gasteiger partial charge on any atom is -0.303 e. The van der Waals surface area contributed by atoms with Crippen molar-refractivity contribution in [3.63, 3.8) is 0 Å². The second kappa shape index (κ2) is 6.70. The summed E-state index contributed by atoms with van der Waals surface area (Å²) in [5, 5.41) is 0. The third-order valence-electron chi connectivity index (χ3n) is 1.90. The van der Waals surface area contributed by atoms with Crippen molar-refractivity contribution in [2.24, 2.45) is 0 Å². The summed E-state index contributed by atoms with van der Waals surface area (Å²) < 4.78 is 175. The molecule has 4 nitrogen and oxygen atoms in total. The lowest BCUT2D eigenvalue weighted by atomic mass is 9.98. The summed E-state index contributed by atoms with van der Waals surface area (Å²) >= 11 is 0. The first-order chi connectivity index (χ1) is 10.2. The molecule has 0 aromatic carbocycles. The Morgan fingerprint density at radius 3 is 0.640 bits per heavy atom. The molecule has 0 unspecified atom stereocenters. The van der Waals surface area contributed by atoms with Crippen LogP contribution in [0, 0.1) is 0 Å². The van der Waals surface area contributed by atoms with Gasteiger partial charge in [0.25, 0.3) is 0 Å². The van der Waals surface area contributed by atoms with E-state index in [-0.39, 0.29) is 0 Å². The molecule has 0 heterocycles. The van der Waals surface area contributed by atoms with E-state index in [1.807, 2.05) is 0 Å². The van der Waals surface area contributed by atoms with E-state index in [1.54, 1.807) is 0 Å². The van der Waals surface area contributed by atoms with E-state index in [0.717, 1.165) is 0 Å². The van der Waals surface area contributed by atoms with Crippen LogP contribution in [0.15, 0.2) is 0 Å². The van der Waals surface area contributed by atoms with E-state index >= 15 is 0 Å². The summed E-state index contributed by atoms with van der Waals surface area (Å²) in [5.74, 6) is -31.7. The van der Waals surface area contributed by atoms with E-state index < -0.39 is 43.9 Å². The first-order valence-corrected chi connectivity index (χ1v) is 6.24. The van der Waals surface area contributed by atoms with Gasteiger partial charge in [0.2, 0.25) is 0 Å². The Labute approximate surface area is 126 Å². The predicted molar refractivity (Wildman–Crippen MR) is 46.2 cm³/mol. The smallest absolute Gasteiger partial charge is 0.303 e. The highest BCUT2D eigenvalue weighted by atomic mass is 31.2. The third-order valence-corrected chi connectivity index (χ3v) is 1.90. The SMILES string of the molecule is FC(F)(F)C(F)(F)C(F)(F)C(F)(F)C(F)(F)C(F)(F)F.O=P(O)(O)O. The molecule has 0 atom stereocenters. The Kier molecular flexibility index (Phi) is 7.06. The summed E-state index contributed by atoms with van der Waals surface area (Å²) in [6.45, 7) is 0. The van der Waals surface area contributed by atoms with E-state index in [0.29, 0.717) is 0 Å². The fourth-order valence-electron chi connectivity index (χ4n) is 0.750. The van der Waals surface area contributed by atoms with Gasteiger partial charge < -0.3 is 14.7 Å². The zero-order valence-electron chi connectivity index (χ0n) is 10.5. The summed E-state index contributed by atoms with van der Waals surface area (Å²) in [6.07, 6.45) is -15.0. The molecular weight excluding hydrogens is 433 g/mol. The van der Waals surface area contributed by atoms with E-state index in [1.165, 1.54) is 0 Å². The van der Waals surface area contributed by atoms with Crippen molar-refractivity contribution >= 4 is 7.82 Å². The molecule has 0 saturated heterocycles. The second-order valence-electron chi connectivity index (χ2n) is 3.81. The highest BCUT2D eigenvalue weighted by molar-refractivity contribution is 7.45. The van der Waals surface area contributed by atoms with Crippen LogP contribution in [0.2, 0.25) is 0 Å². The first-order valence-electron chi connectivity index (χ1n) is 4.68. The zero-order chi connectivity index (χ0) is 21.5. The lowest BCUT2D eigenvalue weighted by Gasteiger charge is -2.37. The normalized spacial score (nSPS) is 15.6. The summed E-state index contributed by atoms with van der Waals surface area (Å²) in [6, 6.07) is 0. The standard InChI is InChI=1S/C6F14.H3O4P/c7-1(8,3(11,12)5(15,16)17)2(9,10)4(13,14)6(18,19)20;1-5(2,3)4/h;(H3,1,2,3,4). The average Bonchev–Trinajstić information content (AvgIpc) is 2.22. The molecule has 0 saturated carbocycles. The Morgan fingerprint density at radius 1 is 0.440 bits per heavy atom. The van der Waals surface area contributed by atoms with Crippen LogP contribution in [0.25, 0.3) is 0 Å². The van der Waals surface area contributed by atoms with Gasteiger partial charge in [0, 0.05) is 0 Å². The van der Waals surface area contributed by atoms with E-state index in [2.05, 4.69) is 0 Å². The minimum absolute atomic E-state index is 4.64. The Hall–Kier alpha value is -0.870. The van der Waals surface area contributed by atoms with Gasteiger partial charge in [-0.25, -0.2) is 4.57 Å². The van der Waals surface area contributed by atoms with Crippen LogP contribution < -0.4 is 0 Å². The van der Waals surface area contributed by atoms with Gasteiger partial charge >= 0.3 is 43.9 Å². The van der Waals surface area contributed by atoms with Crippen molar-refractivity contribution < 1.29 is 80.7 Å². The molecule has 0 aliphatic rings. The van der Waals surface area contributed by atoms with Crippen molar-refractivity contribution in [2.45, 2.75) is 36.0 Å². The number of halogens is 14. The van der Waals surface area contributed by atoms with Crippen LogP contribution in [0.4, 0.5) is 61.5 Å². The van der Waals surface area contributed by atoms with Crippen LogP contribution in [0.5, 0.6) is 0 Å². The molecule has 0 aromatic heterocycles. The van der Waals surface area contributed by atoms with Crippen LogP contribution in [-0.2, 0) is 4.57 Å². The molecule has 0 spiro atoms. The fraction of sp³-hybridized carbons (Fsp3) is 1.00. The second-order valence-corrected chi connectivity index (χ2v) is 4.83. The number of rotatable bonds is 3. The first kappa shape index (κ1) is 26.4. The largest absolute Gasteiger partial charge is 0.466 e. The molecule has 0 aliphatic heterocycles. The maximum Gasteiger partial charge on any atom is 0.466 e. The molecule has 0 amide bonds. The van der Waals surface area contributed by atoms with Gasteiger partial charge in [-0.05, 0) is 0 Å². The molecule has 0 fully saturated rings. The van der Waals surface area contributed by atoms with Gasteiger partial charge in [0.1, 0.15) is 0 Å². The van der Waals surface area contributed by atoms with Gasteiger partial charge in [0.15, 0.2) is 0 Å². The van der Waals surface area contributed by atoms with Gasteiger partial charge in [-0.15, -0.1) is 0 Å². The van der Waals surface area contributed by atoms with Crippen LogP contribution in [0.1, 0.15) is 0 Å². The van der Waals surface area contributed by atoms with E-state index in [9.17, 15) is 61.5 Å². The molecular formula is C6H3F14O4P. The number of alkyl halides is 14. The van der Waals surface area contributed by atoms with Crippen molar-refractivity contribution in [2.75, 3.05) is 0 Å². The topological polar surface area (TPSA) is 77.8 Å². The zero-order valence-corrected chi connectivity index (χ0v) is 11.4. The molecule has 19 heteroatoms. The molecule has 0 aliphatic carbocycles. The van der Waals surface area contributed by atoms with E-state index in [4.69, 9.17) is 19.2 Å². The van der Waals surface area contributed by atoms with Gasteiger partial charge in [-0.1, -0.05) is 0 Å². The van der Waals surface area contributed by atoms with Crippen molar-refractivity contribution in [1.29, 1.82) is 0 Å². The maximum absolute atomic E-state index is 12.3. The highest BCUT2D eigenvalue weighted by Crippen LogP contribution is 2.60.